The quantitative estimate of drug-likeness (QED) is 0.928. The Hall–Kier alpha value is -2.69. The zero-order chi connectivity index (χ0) is 17.8. The summed E-state index contributed by atoms with van der Waals surface area (Å²) >= 11 is 0. The Bertz CT molecular complexity index is 752. The largest absolute Gasteiger partial charge is 0.497 e. The Morgan fingerprint density at radius 1 is 1.04 bits per heavy atom. The van der Waals surface area contributed by atoms with Crippen LogP contribution in [0.5, 0.6) is 5.75 Å². The Kier molecular flexibility index (Phi) is 5.12. The van der Waals surface area contributed by atoms with Gasteiger partial charge in [-0.15, -0.1) is 0 Å². The number of methoxy groups -OCH3 is 1. The summed E-state index contributed by atoms with van der Waals surface area (Å²) in [7, 11) is 1.62. The molecule has 1 saturated heterocycles. The van der Waals surface area contributed by atoms with Crippen LogP contribution < -0.4 is 15.0 Å². The third-order valence-electron chi connectivity index (χ3n) is 4.59. The van der Waals surface area contributed by atoms with E-state index in [0.717, 1.165) is 24.5 Å². The second-order valence-electron chi connectivity index (χ2n) is 6.43. The van der Waals surface area contributed by atoms with E-state index in [1.54, 1.807) is 7.11 Å². The molecule has 1 aliphatic rings. The van der Waals surface area contributed by atoms with Gasteiger partial charge in [0, 0.05) is 43.6 Å². The molecule has 132 valence electrons. The van der Waals surface area contributed by atoms with E-state index in [-0.39, 0.29) is 6.03 Å². The van der Waals surface area contributed by atoms with Crippen molar-refractivity contribution in [2.75, 3.05) is 43.5 Å². The van der Waals surface area contributed by atoms with Crippen molar-refractivity contribution in [3.8, 4) is 5.75 Å². The van der Waals surface area contributed by atoms with Crippen molar-refractivity contribution in [2.24, 2.45) is 0 Å². The molecule has 0 atom stereocenters. The van der Waals surface area contributed by atoms with E-state index in [0.29, 0.717) is 13.1 Å². The molecule has 1 fully saturated rings. The van der Waals surface area contributed by atoms with E-state index in [1.807, 2.05) is 29.2 Å². The number of nitrogens with one attached hydrogen (secondary N) is 1. The number of piperazine rings is 1. The van der Waals surface area contributed by atoms with Crippen molar-refractivity contribution < 1.29 is 9.53 Å². The van der Waals surface area contributed by atoms with Gasteiger partial charge in [-0.3, -0.25) is 0 Å². The fourth-order valence-corrected chi connectivity index (χ4v) is 3.11. The van der Waals surface area contributed by atoms with E-state index in [4.69, 9.17) is 4.74 Å². The molecule has 0 aromatic heterocycles. The van der Waals surface area contributed by atoms with Gasteiger partial charge in [0.05, 0.1) is 7.11 Å². The van der Waals surface area contributed by atoms with Crippen LogP contribution in [-0.4, -0.2) is 44.2 Å². The van der Waals surface area contributed by atoms with Gasteiger partial charge in [-0.05, 0) is 43.2 Å². The Morgan fingerprint density at radius 2 is 1.80 bits per heavy atom. The predicted octanol–water partition coefficient (Wildman–Crippen LogP) is 3.67. The van der Waals surface area contributed by atoms with E-state index in [1.165, 1.54) is 16.8 Å². The minimum absolute atomic E-state index is 0.0612. The van der Waals surface area contributed by atoms with E-state index in [2.05, 4.69) is 42.3 Å². The maximum Gasteiger partial charge on any atom is 0.321 e. The SMILES string of the molecule is COc1cccc(NC(=O)N2CCN(c3cc(C)ccc3C)CC2)c1. The minimum Gasteiger partial charge on any atom is -0.497 e. The van der Waals surface area contributed by atoms with Crippen molar-refractivity contribution in [1.82, 2.24) is 4.90 Å². The van der Waals surface area contributed by atoms with Gasteiger partial charge in [0.25, 0.3) is 0 Å². The monoisotopic (exact) mass is 339 g/mol. The molecule has 5 nitrogen and oxygen atoms in total. The lowest BCUT2D eigenvalue weighted by Gasteiger charge is -2.36. The van der Waals surface area contributed by atoms with Crippen molar-refractivity contribution in [2.45, 2.75) is 13.8 Å². The maximum absolute atomic E-state index is 12.5. The van der Waals surface area contributed by atoms with Gasteiger partial charge >= 0.3 is 6.03 Å². The van der Waals surface area contributed by atoms with Crippen molar-refractivity contribution in [3.05, 3.63) is 53.6 Å². The van der Waals surface area contributed by atoms with Gasteiger partial charge in [-0.2, -0.15) is 0 Å². The third-order valence-corrected chi connectivity index (χ3v) is 4.59. The average Bonchev–Trinajstić information content (AvgIpc) is 2.64. The normalized spacial score (nSPS) is 14.4. The van der Waals surface area contributed by atoms with Gasteiger partial charge in [-0.25, -0.2) is 4.79 Å². The molecule has 0 radical (unpaired) electrons. The minimum atomic E-state index is -0.0612. The molecule has 0 spiro atoms. The molecule has 0 saturated carbocycles. The number of hydrogen-bond donors (Lipinski definition) is 1. The molecule has 2 aromatic carbocycles. The zero-order valence-electron chi connectivity index (χ0n) is 15.1. The second-order valence-corrected chi connectivity index (χ2v) is 6.43. The van der Waals surface area contributed by atoms with E-state index < -0.39 is 0 Å². The van der Waals surface area contributed by atoms with Crippen LogP contribution in [-0.2, 0) is 0 Å². The van der Waals surface area contributed by atoms with E-state index in [9.17, 15) is 4.79 Å². The molecule has 25 heavy (non-hydrogen) atoms. The molecule has 1 heterocycles. The zero-order valence-corrected chi connectivity index (χ0v) is 15.1. The molecular formula is C20H25N3O2. The Balaban J connectivity index is 1.60. The van der Waals surface area contributed by atoms with Crippen LogP contribution in [0.1, 0.15) is 11.1 Å². The molecule has 5 heteroatoms. The molecule has 0 unspecified atom stereocenters. The summed E-state index contributed by atoms with van der Waals surface area (Å²) in [6.45, 7) is 7.36. The van der Waals surface area contributed by atoms with Crippen LogP contribution in [0, 0.1) is 13.8 Å². The summed E-state index contributed by atoms with van der Waals surface area (Å²) in [5.74, 6) is 0.734. The van der Waals surface area contributed by atoms with Crippen LogP contribution in [0.25, 0.3) is 0 Å². The van der Waals surface area contributed by atoms with Gasteiger partial charge in [0.2, 0.25) is 0 Å². The number of aryl methyl sites for hydroxylation is 2. The number of rotatable bonds is 3. The van der Waals surface area contributed by atoms with Crippen LogP contribution in [0.3, 0.4) is 0 Å². The highest BCUT2D eigenvalue weighted by Crippen LogP contribution is 2.23. The van der Waals surface area contributed by atoms with E-state index >= 15 is 0 Å². The van der Waals surface area contributed by atoms with Crippen molar-refractivity contribution in [3.63, 3.8) is 0 Å². The van der Waals surface area contributed by atoms with Crippen molar-refractivity contribution in [1.29, 1.82) is 0 Å². The number of hydrogen-bond acceptors (Lipinski definition) is 3. The van der Waals surface area contributed by atoms with Gasteiger partial charge in [0.15, 0.2) is 0 Å². The Labute approximate surface area is 149 Å². The highest BCUT2D eigenvalue weighted by atomic mass is 16.5. The standard InChI is InChI=1S/C20H25N3O2/c1-15-7-8-16(2)19(13-15)22-9-11-23(12-10-22)20(24)21-17-5-4-6-18(14-17)25-3/h4-8,13-14H,9-12H2,1-3H3,(H,21,24). The van der Waals surface area contributed by atoms with Gasteiger partial charge in [-0.1, -0.05) is 18.2 Å². The maximum atomic E-state index is 12.5. The third kappa shape index (κ3) is 4.05. The highest BCUT2D eigenvalue weighted by Gasteiger charge is 2.22. The van der Waals surface area contributed by atoms with Crippen molar-refractivity contribution >= 4 is 17.4 Å². The number of carbonyl (C=O) groups excluding carboxylic acids is 1. The molecule has 2 aromatic rings. The van der Waals surface area contributed by atoms with Gasteiger partial charge < -0.3 is 19.9 Å². The number of benzene rings is 2. The number of ether oxygens (including phenoxy) is 1. The summed E-state index contributed by atoms with van der Waals surface area (Å²) in [6.07, 6.45) is 0. The number of nitrogens with zero attached hydrogens (tertiary/aromatic N) is 2. The smallest absolute Gasteiger partial charge is 0.321 e. The van der Waals surface area contributed by atoms with Crippen LogP contribution in [0.15, 0.2) is 42.5 Å². The molecule has 1 N–H and O–H groups in total. The summed E-state index contributed by atoms with van der Waals surface area (Å²) in [5.41, 5.74) is 4.56. The molecule has 1 aliphatic heterocycles. The summed E-state index contributed by atoms with van der Waals surface area (Å²) < 4.78 is 5.19. The fourth-order valence-electron chi connectivity index (χ4n) is 3.11. The topological polar surface area (TPSA) is 44.8 Å². The number of amides is 2. The molecule has 0 bridgehead atoms. The lowest BCUT2D eigenvalue weighted by Crippen LogP contribution is -2.50. The first-order valence-electron chi connectivity index (χ1n) is 8.59. The lowest BCUT2D eigenvalue weighted by atomic mass is 10.1. The predicted molar refractivity (Wildman–Crippen MR) is 102 cm³/mol. The summed E-state index contributed by atoms with van der Waals surface area (Å²) in [6, 6.07) is 13.9. The number of carbonyl (C=O) groups is 1. The highest BCUT2D eigenvalue weighted by molar-refractivity contribution is 5.89. The fraction of sp³-hybridized carbons (Fsp3) is 0.350. The van der Waals surface area contributed by atoms with Crippen LogP contribution >= 0.6 is 0 Å². The first-order chi connectivity index (χ1) is 12.1. The molecule has 2 amide bonds. The van der Waals surface area contributed by atoms with Gasteiger partial charge in [0.1, 0.15) is 5.75 Å². The first-order valence-corrected chi connectivity index (χ1v) is 8.59. The summed E-state index contributed by atoms with van der Waals surface area (Å²) in [4.78, 5) is 16.7. The first kappa shape index (κ1) is 17.1. The second kappa shape index (κ2) is 7.47. The average molecular weight is 339 g/mol. The number of anilines is 2. The van der Waals surface area contributed by atoms with Crippen LogP contribution in [0.2, 0.25) is 0 Å². The lowest BCUT2D eigenvalue weighted by molar-refractivity contribution is 0.208. The molecular weight excluding hydrogens is 314 g/mol. The molecule has 0 aliphatic carbocycles. The van der Waals surface area contributed by atoms with Crippen LogP contribution in [0.4, 0.5) is 16.2 Å². The Morgan fingerprint density at radius 3 is 2.52 bits per heavy atom. The number of urea groups is 1. The molecule has 3 rings (SSSR count). The summed E-state index contributed by atoms with van der Waals surface area (Å²) in [5, 5.41) is 2.95.